The fraction of sp³-hybridized carbons (Fsp3) is 0.125. The lowest BCUT2D eigenvalue weighted by atomic mass is 10.2. The predicted molar refractivity (Wildman–Crippen MR) is 122 cm³/mol. The Bertz CT molecular complexity index is 1250. The molecular weight excluding hydrogens is 446 g/mol. The number of rotatable bonds is 8. The molecule has 2 heterocycles. The summed E-state index contributed by atoms with van der Waals surface area (Å²) in [5.41, 5.74) is 2.02. The third-order valence-electron chi connectivity index (χ3n) is 4.69. The van der Waals surface area contributed by atoms with Gasteiger partial charge in [-0.25, -0.2) is 4.79 Å². The largest absolute Gasteiger partial charge is 0.486 e. The first-order valence-electron chi connectivity index (χ1n) is 9.98. The maximum atomic E-state index is 12.5. The number of nitrogens with one attached hydrogen (secondary N) is 1. The molecule has 0 aliphatic heterocycles. The highest BCUT2D eigenvalue weighted by molar-refractivity contribution is 6.30. The van der Waals surface area contributed by atoms with Crippen molar-refractivity contribution in [3.05, 3.63) is 101 Å². The van der Waals surface area contributed by atoms with Gasteiger partial charge in [0.05, 0.1) is 31.1 Å². The molecule has 4 aromatic rings. The summed E-state index contributed by atoms with van der Waals surface area (Å²) in [5, 5.41) is 7.69. The van der Waals surface area contributed by atoms with Crippen molar-refractivity contribution in [2.75, 3.05) is 12.4 Å². The molecule has 4 rings (SSSR count). The van der Waals surface area contributed by atoms with Crippen LogP contribution in [-0.4, -0.2) is 28.8 Å². The Hall–Kier alpha value is -4.04. The number of anilines is 1. The van der Waals surface area contributed by atoms with E-state index in [0.717, 1.165) is 5.56 Å². The highest BCUT2D eigenvalue weighted by Crippen LogP contribution is 2.17. The molecule has 0 saturated heterocycles. The monoisotopic (exact) mass is 465 g/mol. The van der Waals surface area contributed by atoms with E-state index in [1.807, 2.05) is 24.3 Å². The quantitative estimate of drug-likeness (QED) is 0.376. The van der Waals surface area contributed by atoms with Crippen LogP contribution in [0.5, 0.6) is 5.75 Å². The molecule has 0 atom stereocenters. The van der Waals surface area contributed by atoms with Gasteiger partial charge in [0.1, 0.15) is 18.1 Å². The topological polar surface area (TPSA) is 95.6 Å². The predicted octanol–water partition coefficient (Wildman–Crippen LogP) is 4.80. The Labute approximate surface area is 194 Å². The molecule has 0 aliphatic carbocycles. The van der Waals surface area contributed by atoms with Crippen molar-refractivity contribution in [1.29, 1.82) is 0 Å². The summed E-state index contributed by atoms with van der Waals surface area (Å²) in [6.07, 6.45) is 3.30. The Morgan fingerprint density at radius 3 is 2.55 bits per heavy atom. The smallest absolute Gasteiger partial charge is 0.337 e. The molecule has 1 N–H and O–H groups in total. The first-order chi connectivity index (χ1) is 16.0. The number of halogens is 1. The zero-order valence-corrected chi connectivity index (χ0v) is 18.4. The van der Waals surface area contributed by atoms with E-state index < -0.39 is 11.9 Å². The summed E-state index contributed by atoms with van der Waals surface area (Å²) in [4.78, 5) is 24.0. The van der Waals surface area contributed by atoms with Gasteiger partial charge in [0.25, 0.3) is 5.91 Å². The minimum atomic E-state index is -0.418. The van der Waals surface area contributed by atoms with Gasteiger partial charge in [0.2, 0.25) is 0 Å². The number of esters is 1. The molecular formula is C24H20ClN3O5. The molecule has 33 heavy (non-hydrogen) atoms. The number of methoxy groups -OCH3 is 1. The first kappa shape index (κ1) is 22.2. The molecule has 2 aromatic heterocycles. The summed E-state index contributed by atoms with van der Waals surface area (Å²) in [5.74, 6) is 0.377. The van der Waals surface area contributed by atoms with Gasteiger partial charge in [0, 0.05) is 11.2 Å². The van der Waals surface area contributed by atoms with E-state index in [-0.39, 0.29) is 12.4 Å². The lowest BCUT2D eigenvalue weighted by Crippen LogP contribution is -2.10. The van der Waals surface area contributed by atoms with Crippen molar-refractivity contribution in [3.63, 3.8) is 0 Å². The molecule has 0 aliphatic rings. The number of amides is 1. The van der Waals surface area contributed by atoms with E-state index in [0.29, 0.717) is 34.3 Å². The van der Waals surface area contributed by atoms with Crippen LogP contribution in [0.2, 0.25) is 5.02 Å². The van der Waals surface area contributed by atoms with Crippen molar-refractivity contribution in [2.24, 2.45) is 0 Å². The van der Waals surface area contributed by atoms with Crippen LogP contribution in [-0.2, 0) is 17.9 Å². The molecule has 0 fully saturated rings. The van der Waals surface area contributed by atoms with Crippen LogP contribution >= 0.6 is 11.6 Å². The zero-order chi connectivity index (χ0) is 23.2. The van der Waals surface area contributed by atoms with Gasteiger partial charge in [-0.05, 0) is 54.1 Å². The summed E-state index contributed by atoms with van der Waals surface area (Å²) in [6.45, 7) is 0.680. The van der Waals surface area contributed by atoms with E-state index in [1.165, 1.54) is 7.11 Å². The van der Waals surface area contributed by atoms with Crippen LogP contribution in [0, 0.1) is 0 Å². The lowest BCUT2D eigenvalue weighted by Gasteiger charge is -2.05. The van der Waals surface area contributed by atoms with E-state index >= 15 is 0 Å². The maximum absolute atomic E-state index is 12.5. The van der Waals surface area contributed by atoms with E-state index in [2.05, 4.69) is 15.2 Å². The second kappa shape index (κ2) is 10.1. The number of nitrogens with zero attached hydrogens (tertiary/aromatic N) is 2. The Kier molecular flexibility index (Phi) is 6.75. The average Bonchev–Trinajstić information content (AvgIpc) is 3.48. The van der Waals surface area contributed by atoms with Crippen molar-refractivity contribution in [2.45, 2.75) is 13.2 Å². The first-order valence-corrected chi connectivity index (χ1v) is 10.4. The van der Waals surface area contributed by atoms with Crippen molar-refractivity contribution >= 4 is 29.2 Å². The molecule has 0 radical (unpaired) electrons. The highest BCUT2D eigenvalue weighted by atomic mass is 35.5. The molecule has 0 bridgehead atoms. The van der Waals surface area contributed by atoms with Gasteiger partial charge < -0.3 is 19.2 Å². The third-order valence-corrected chi connectivity index (χ3v) is 4.94. The number of benzene rings is 2. The number of hydrogen-bond acceptors (Lipinski definition) is 6. The number of aromatic nitrogens is 2. The van der Waals surface area contributed by atoms with Gasteiger partial charge in [-0.2, -0.15) is 5.10 Å². The fourth-order valence-corrected chi connectivity index (χ4v) is 3.15. The minimum Gasteiger partial charge on any atom is -0.486 e. The Morgan fingerprint density at radius 1 is 1.06 bits per heavy atom. The van der Waals surface area contributed by atoms with Gasteiger partial charge >= 0.3 is 5.97 Å². The third kappa shape index (κ3) is 5.81. The number of carbonyl (C=O) groups excluding carboxylic acids is 2. The number of ether oxygens (including phenoxy) is 2. The summed E-state index contributed by atoms with van der Waals surface area (Å²) in [6, 6.07) is 17.2. The molecule has 0 spiro atoms. The second-order valence-corrected chi connectivity index (χ2v) is 7.51. The molecule has 0 saturated carbocycles. The lowest BCUT2D eigenvalue weighted by molar-refractivity contribution is 0.0600. The van der Waals surface area contributed by atoms with E-state index in [9.17, 15) is 9.59 Å². The van der Waals surface area contributed by atoms with Crippen LogP contribution in [0.3, 0.4) is 0 Å². The normalized spacial score (nSPS) is 10.6. The molecule has 168 valence electrons. The summed E-state index contributed by atoms with van der Waals surface area (Å²) in [7, 11) is 1.32. The Balaban J connectivity index is 1.30. The number of hydrogen-bond donors (Lipinski definition) is 1. The second-order valence-electron chi connectivity index (χ2n) is 7.08. The van der Waals surface area contributed by atoms with Crippen LogP contribution in [0.25, 0.3) is 0 Å². The molecule has 8 nitrogen and oxygen atoms in total. The minimum absolute atomic E-state index is 0.129. The van der Waals surface area contributed by atoms with Crippen molar-refractivity contribution < 1.29 is 23.5 Å². The van der Waals surface area contributed by atoms with E-state index in [4.69, 9.17) is 20.8 Å². The molecule has 2 aromatic carbocycles. The van der Waals surface area contributed by atoms with Crippen LogP contribution in [0.1, 0.15) is 32.2 Å². The molecule has 1 amide bonds. The van der Waals surface area contributed by atoms with E-state index in [1.54, 1.807) is 53.5 Å². The van der Waals surface area contributed by atoms with Gasteiger partial charge in [-0.3, -0.25) is 9.48 Å². The number of furan rings is 1. The van der Waals surface area contributed by atoms with Crippen molar-refractivity contribution in [3.8, 4) is 5.75 Å². The summed E-state index contributed by atoms with van der Waals surface area (Å²) < 4.78 is 17.6. The van der Waals surface area contributed by atoms with Crippen LogP contribution in [0.4, 0.5) is 5.69 Å². The SMILES string of the molecule is COC(=O)c1ccc(OCc2ccc(C(=O)Nc3cnn(Cc4ccc(Cl)cc4)c3)o2)cc1. The summed E-state index contributed by atoms with van der Waals surface area (Å²) >= 11 is 5.91. The van der Waals surface area contributed by atoms with Crippen LogP contribution in [0.15, 0.2) is 77.5 Å². The standard InChI is InChI=1S/C24H20ClN3O5/c1-31-24(30)17-4-8-20(9-5-17)32-15-21-10-11-22(33-21)23(29)27-19-12-26-28(14-19)13-16-2-6-18(25)7-3-16/h2-12,14H,13,15H2,1H3,(H,27,29). The van der Waals surface area contributed by atoms with Gasteiger partial charge in [-0.1, -0.05) is 23.7 Å². The molecule has 0 unspecified atom stereocenters. The van der Waals surface area contributed by atoms with Gasteiger partial charge in [-0.15, -0.1) is 0 Å². The Morgan fingerprint density at radius 2 is 1.82 bits per heavy atom. The average molecular weight is 466 g/mol. The number of carbonyl (C=O) groups is 2. The fourth-order valence-electron chi connectivity index (χ4n) is 3.02. The van der Waals surface area contributed by atoms with Crippen molar-refractivity contribution in [1.82, 2.24) is 9.78 Å². The highest BCUT2D eigenvalue weighted by Gasteiger charge is 2.13. The molecule has 9 heteroatoms. The maximum Gasteiger partial charge on any atom is 0.337 e. The van der Waals surface area contributed by atoms with Crippen LogP contribution < -0.4 is 10.1 Å². The zero-order valence-electron chi connectivity index (χ0n) is 17.7. The van der Waals surface area contributed by atoms with Gasteiger partial charge in [0.15, 0.2) is 5.76 Å².